The minimum atomic E-state index is -4.81. The molecule has 1 atom stereocenters. The third-order valence-electron chi connectivity index (χ3n) is 4.81. The lowest BCUT2D eigenvalue weighted by Crippen LogP contribution is -2.39. The molecule has 3 rings (SSSR count). The average Bonchev–Trinajstić information content (AvgIpc) is 3.25. The number of nitrogens with zero attached hydrogens (tertiary/aromatic N) is 1. The molecule has 0 saturated carbocycles. The number of nitrogens with two attached hydrogens (primary N) is 2. The van der Waals surface area contributed by atoms with Crippen LogP contribution in [0, 0.1) is 0 Å². The van der Waals surface area contributed by atoms with E-state index in [1.54, 1.807) is 0 Å². The number of amides is 2. The van der Waals surface area contributed by atoms with E-state index in [0.717, 1.165) is 6.07 Å². The number of phenolic OH excluding ortho intramolecular Hbond substituents is 1. The SMILES string of the molecule is NC(N)=Nc1cc(C(=O)NCC(=O)NC(CC(=O)O)c2ccc3c(c2O)OCO3)cc(C(F)(F)F)c1. The second kappa shape index (κ2) is 10.3. The number of rotatable bonds is 8. The summed E-state index contributed by atoms with van der Waals surface area (Å²) in [5.41, 5.74) is 8.40. The van der Waals surface area contributed by atoms with Crippen molar-refractivity contribution in [2.45, 2.75) is 18.6 Å². The molecular formula is C21H20F3N5O7. The van der Waals surface area contributed by atoms with Gasteiger partial charge in [-0.05, 0) is 30.3 Å². The Kier molecular flexibility index (Phi) is 7.41. The number of halogens is 3. The van der Waals surface area contributed by atoms with Crippen molar-refractivity contribution in [3.05, 3.63) is 47.0 Å². The predicted molar refractivity (Wildman–Crippen MR) is 117 cm³/mol. The molecule has 15 heteroatoms. The number of hydrogen-bond acceptors (Lipinski definition) is 7. The molecule has 1 aliphatic rings. The second-order valence-corrected chi connectivity index (χ2v) is 7.44. The van der Waals surface area contributed by atoms with E-state index >= 15 is 0 Å². The Morgan fingerprint density at radius 3 is 2.50 bits per heavy atom. The summed E-state index contributed by atoms with van der Waals surface area (Å²) in [5.74, 6) is -4.01. The summed E-state index contributed by atoms with van der Waals surface area (Å²) in [6.07, 6.45) is -5.44. The molecule has 0 saturated heterocycles. The molecule has 192 valence electrons. The number of hydrogen-bond donors (Lipinski definition) is 6. The molecular weight excluding hydrogens is 491 g/mol. The Labute approximate surface area is 200 Å². The Balaban J connectivity index is 1.75. The Morgan fingerprint density at radius 2 is 1.86 bits per heavy atom. The van der Waals surface area contributed by atoms with Gasteiger partial charge in [0.05, 0.1) is 30.3 Å². The van der Waals surface area contributed by atoms with Crippen LogP contribution in [0.1, 0.15) is 33.9 Å². The number of fused-ring (bicyclic) bond motifs is 1. The lowest BCUT2D eigenvalue weighted by atomic mass is 10.0. The van der Waals surface area contributed by atoms with Crippen LogP contribution in [-0.2, 0) is 15.8 Å². The van der Waals surface area contributed by atoms with Crippen molar-refractivity contribution in [3.8, 4) is 17.2 Å². The highest BCUT2D eigenvalue weighted by atomic mass is 19.4. The molecule has 0 spiro atoms. The highest BCUT2D eigenvalue weighted by molar-refractivity contribution is 5.97. The molecule has 12 nitrogen and oxygen atoms in total. The van der Waals surface area contributed by atoms with E-state index in [2.05, 4.69) is 15.6 Å². The van der Waals surface area contributed by atoms with E-state index in [0.29, 0.717) is 12.1 Å². The Bertz CT molecular complexity index is 1230. The molecule has 1 unspecified atom stereocenters. The van der Waals surface area contributed by atoms with Crippen LogP contribution in [-0.4, -0.2) is 47.3 Å². The molecule has 2 aromatic rings. The van der Waals surface area contributed by atoms with E-state index < -0.39 is 65.8 Å². The van der Waals surface area contributed by atoms with Gasteiger partial charge in [0.1, 0.15) is 0 Å². The number of aliphatic imine (C=N–C) groups is 1. The molecule has 2 amide bonds. The number of carboxylic acid groups (broad SMARTS) is 1. The van der Waals surface area contributed by atoms with E-state index in [1.807, 2.05) is 0 Å². The fourth-order valence-electron chi connectivity index (χ4n) is 3.29. The summed E-state index contributed by atoms with van der Waals surface area (Å²) in [6, 6.07) is 3.70. The number of phenols is 1. The van der Waals surface area contributed by atoms with Gasteiger partial charge >= 0.3 is 12.1 Å². The number of nitrogens with one attached hydrogen (secondary N) is 2. The lowest BCUT2D eigenvalue weighted by molar-refractivity contribution is -0.138. The number of carbonyl (C=O) groups excluding carboxylic acids is 2. The molecule has 0 radical (unpaired) electrons. The first-order chi connectivity index (χ1) is 16.8. The normalized spacial score (nSPS) is 13.0. The molecule has 1 aliphatic heterocycles. The van der Waals surface area contributed by atoms with Crippen LogP contribution in [0.15, 0.2) is 35.3 Å². The molecule has 1 heterocycles. The van der Waals surface area contributed by atoms with E-state index in [9.17, 15) is 37.8 Å². The van der Waals surface area contributed by atoms with Crippen molar-refractivity contribution in [3.63, 3.8) is 0 Å². The predicted octanol–water partition coefficient (Wildman–Crippen LogP) is 1.11. The first-order valence-corrected chi connectivity index (χ1v) is 10.1. The largest absolute Gasteiger partial charge is 0.504 e. The summed E-state index contributed by atoms with van der Waals surface area (Å²) in [7, 11) is 0. The summed E-state index contributed by atoms with van der Waals surface area (Å²) in [5, 5.41) is 24.1. The highest BCUT2D eigenvalue weighted by Gasteiger charge is 2.32. The van der Waals surface area contributed by atoms with Crippen molar-refractivity contribution in [1.82, 2.24) is 10.6 Å². The maximum absolute atomic E-state index is 13.2. The number of carboxylic acids is 1. The summed E-state index contributed by atoms with van der Waals surface area (Å²) < 4.78 is 49.8. The van der Waals surface area contributed by atoms with Crippen LogP contribution in [0.4, 0.5) is 18.9 Å². The minimum Gasteiger partial charge on any atom is -0.504 e. The molecule has 2 aromatic carbocycles. The number of benzene rings is 2. The van der Waals surface area contributed by atoms with Gasteiger partial charge < -0.3 is 41.8 Å². The Hall–Kier alpha value is -4.69. The van der Waals surface area contributed by atoms with Crippen molar-refractivity contribution in [2.75, 3.05) is 13.3 Å². The van der Waals surface area contributed by atoms with E-state index in [-0.39, 0.29) is 29.5 Å². The lowest BCUT2D eigenvalue weighted by Gasteiger charge is -2.19. The minimum absolute atomic E-state index is 0.0149. The molecule has 36 heavy (non-hydrogen) atoms. The maximum atomic E-state index is 13.2. The van der Waals surface area contributed by atoms with Gasteiger partial charge in [0, 0.05) is 11.1 Å². The standard InChI is InChI=1S/C21H20F3N5O7/c22-21(23,24)10-3-9(4-11(5-10)28-20(25)26)19(34)27-7-15(30)29-13(6-16(31)32)12-1-2-14-18(17(12)33)36-8-35-14/h1-5,13,33H,6-8H2,(H,27,34)(H,29,30)(H,31,32)(H4,25,26,28). The average molecular weight is 511 g/mol. The Morgan fingerprint density at radius 1 is 1.14 bits per heavy atom. The van der Waals surface area contributed by atoms with Crippen LogP contribution in [0.5, 0.6) is 17.2 Å². The number of guanidine groups is 1. The quantitative estimate of drug-likeness (QED) is 0.222. The first kappa shape index (κ1) is 25.9. The van der Waals surface area contributed by atoms with Gasteiger partial charge in [-0.2, -0.15) is 13.2 Å². The topological polar surface area (TPSA) is 199 Å². The third-order valence-corrected chi connectivity index (χ3v) is 4.81. The van der Waals surface area contributed by atoms with Gasteiger partial charge in [-0.3, -0.25) is 14.4 Å². The van der Waals surface area contributed by atoms with Gasteiger partial charge in [-0.1, -0.05) is 0 Å². The zero-order valence-corrected chi connectivity index (χ0v) is 18.3. The fraction of sp³-hybridized carbons (Fsp3) is 0.238. The van der Waals surface area contributed by atoms with Crippen molar-refractivity contribution >= 4 is 29.4 Å². The molecule has 0 aliphatic carbocycles. The summed E-state index contributed by atoms with van der Waals surface area (Å²) in [4.78, 5) is 39.7. The monoisotopic (exact) mass is 511 g/mol. The van der Waals surface area contributed by atoms with Crippen LogP contribution >= 0.6 is 0 Å². The van der Waals surface area contributed by atoms with E-state index in [4.69, 9.17) is 20.9 Å². The zero-order chi connectivity index (χ0) is 26.6. The molecule has 0 fully saturated rings. The van der Waals surface area contributed by atoms with Crippen LogP contribution in [0.3, 0.4) is 0 Å². The van der Waals surface area contributed by atoms with Gasteiger partial charge in [0.2, 0.25) is 18.4 Å². The molecule has 8 N–H and O–H groups in total. The van der Waals surface area contributed by atoms with Crippen molar-refractivity contribution < 1.29 is 47.2 Å². The van der Waals surface area contributed by atoms with Gasteiger partial charge in [-0.15, -0.1) is 0 Å². The molecule has 0 bridgehead atoms. The van der Waals surface area contributed by atoms with Crippen LogP contribution in [0.2, 0.25) is 0 Å². The maximum Gasteiger partial charge on any atom is 0.416 e. The smallest absolute Gasteiger partial charge is 0.416 e. The van der Waals surface area contributed by atoms with Crippen LogP contribution in [0.25, 0.3) is 0 Å². The van der Waals surface area contributed by atoms with Crippen molar-refractivity contribution in [2.24, 2.45) is 16.5 Å². The van der Waals surface area contributed by atoms with Gasteiger partial charge in [-0.25, -0.2) is 4.99 Å². The summed E-state index contributed by atoms with van der Waals surface area (Å²) >= 11 is 0. The number of aromatic hydroxyl groups is 1. The number of aliphatic carboxylic acids is 1. The number of ether oxygens (including phenoxy) is 2. The van der Waals surface area contributed by atoms with Crippen molar-refractivity contribution in [1.29, 1.82) is 0 Å². The molecule has 0 aromatic heterocycles. The second-order valence-electron chi connectivity index (χ2n) is 7.44. The number of alkyl halides is 3. The highest BCUT2D eigenvalue weighted by Crippen LogP contribution is 2.44. The first-order valence-electron chi connectivity index (χ1n) is 10.1. The third kappa shape index (κ3) is 6.25. The van der Waals surface area contributed by atoms with Gasteiger partial charge in [0.15, 0.2) is 17.5 Å². The zero-order valence-electron chi connectivity index (χ0n) is 18.3. The van der Waals surface area contributed by atoms with Gasteiger partial charge in [0.25, 0.3) is 5.91 Å². The van der Waals surface area contributed by atoms with Crippen LogP contribution < -0.4 is 31.6 Å². The fourth-order valence-corrected chi connectivity index (χ4v) is 3.29. The summed E-state index contributed by atoms with van der Waals surface area (Å²) in [6.45, 7) is -0.886. The van der Waals surface area contributed by atoms with E-state index in [1.165, 1.54) is 12.1 Å². The number of carbonyl (C=O) groups is 3.